The largest absolute Gasteiger partial charge is 0.336 e. The zero-order valence-electron chi connectivity index (χ0n) is 13.5. The first-order valence-electron chi connectivity index (χ1n) is 8.03. The molecule has 0 radical (unpaired) electrons. The topological polar surface area (TPSA) is 38.1 Å². The minimum absolute atomic E-state index is 0.183. The number of aryl methyl sites for hydroxylation is 1. The second-order valence-electron chi connectivity index (χ2n) is 5.99. The van der Waals surface area contributed by atoms with E-state index >= 15 is 0 Å². The Labute approximate surface area is 135 Å². The smallest absolute Gasteiger partial charge is 0.255 e. The molecular weight excluding hydrogens is 294 g/mol. The molecule has 2 aromatic heterocycles. The van der Waals surface area contributed by atoms with Crippen LogP contribution in [-0.2, 0) is 0 Å². The number of thiazole rings is 1. The summed E-state index contributed by atoms with van der Waals surface area (Å²) < 4.78 is 2.09. The van der Waals surface area contributed by atoms with Crippen molar-refractivity contribution in [1.29, 1.82) is 0 Å². The Kier molecular flexibility index (Phi) is 4.34. The van der Waals surface area contributed by atoms with Gasteiger partial charge in [-0.25, -0.2) is 4.98 Å². The molecule has 0 saturated carbocycles. The summed E-state index contributed by atoms with van der Waals surface area (Å²) in [5.74, 6) is 0.183. The van der Waals surface area contributed by atoms with Gasteiger partial charge >= 0.3 is 0 Å². The summed E-state index contributed by atoms with van der Waals surface area (Å²) >= 11 is 1.60. The highest BCUT2D eigenvalue weighted by Gasteiger charge is 2.28. The van der Waals surface area contributed by atoms with Gasteiger partial charge in [0, 0.05) is 35.6 Å². The lowest BCUT2D eigenvalue weighted by Crippen LogP contribution is -2.43. The third-order valence-electron chi connectivity index (χ3n) is 4.63. The van der Waals surface area contributed by atoms with E-state index in [0.29, 0.717) is 6.04 Å². The highest BCUT2D eigenvalue weighted by atomic mass is 32.1. The van der Waals surface area contributed by atoms with E-state index in [0.717, 1.165) is 47.9 Å². The molecule has 5 heteroatoms. The third-order valence-corrected chi connectivity index (χ3v) is 5.39. The average molecular weight is 317 g/mol. The third kappa shape index (κ3) is 2.58. The van der Waals surface area contributed by atoms with Crippen molar-refractivity contribution in [3.8, 4) is 5.13 Å². The number of carbonyl (C=O) groups excluding carboxylic acids is 1. The van der Waals surface area contributed by atoms with Crippen LogP contribution in [0, 0.1) is 13.8 Å². The molecule has 3 heterocycles. The second-order valence-corrected chi connectivity index (χ2v) is 6.86. The van der Waals surface area contributed by atoms with Gasteiger partial charge in [0.2, 0.25) is 0 Å². The SMILES string of the molecule is CCC1CCCCN1C(=O)c1cc(C)n(-c2nccs2)c1C. The molecule has 0 aromatic carbocycles. The van der Waals surface area contributed by atoms with Crippen LogP contribution in [0.15, 0.2) is 17.6 Å². The highest BCUT2D eigenvalue weighted by molar-refractivity contribution is 7.12. The fourth-order valence-electron chi connectivity index (χ4n) is 3.45. The first kappa shape index (κ1) is 15.3. The predicted molar refractivity (Wildman–Crippen MR) is 89.9 cm³/mol. The Balaban J connectivity index is 1.95. The van der Waals surface area contributed by atoms with Crippen LogP contribution < -0.4 is 0 Å². The van der Waals surface area contributed by atoms with Crippen LogP contribution in [0.4, 0.5) is 0 Å². The number of hydrogen-bond donors (Lipinski definition) is 0. The number of carbonyl (C=O) groups is 1. The van der Waals surface area contributed by atoms with Crippen LogP contribution >= 0.6 is 11.3 Å². The molecule has 2 aromatic rings. The van der Waals surface area contributed by atoms with E-state index in [1.54, 1.807) is 17.5 Å². The quantitative estimate of drug-likeness (QED) is 0.859. The van der Waals surface area contributed by atoms with Crippen LogP contribution in [0.3, 0.4) is 0 Å². The minimum Gasteiger partial charge on any atom is -0.336 e. The van der Waals surface area contributed by atoms with Gasteiger partial charge < -0.3 is 4.90 Å². The lowest BCUT2D eigenvalue weighted by Gasteiger charge is -2.35. The van der Waals surface area contributed by atoms with Gasteiger partial charge in [-0.15, -0.1) is 11.3 Å². The summed E-state index contributed by atoms with van der Waals surface area (Å²) in [6, 6.07) is 2.41. The molecule has 4 nitrogen and oxygen atoms in total. The molecule has 1 saturated heterocycles. The van der Waals surface area contributed by atoms with Crippen LogP contribution in [0.1, 0.15) is 54.4 Å². The maximum Gasteiger partial charge on any atom is 0.255 e. The molecular formula is C17H23N3OS. The maximum absolute atomic E-state index is 13.0. The van der Waals surface area contributed by atoms with Crippen LogP contribution in [-0.4, -0.2) is 32.9 Å². The molecule has 1 amide bonds. The lowest BCUT2D eigenvalue weighted by molar-refractivity contribution is 0.0607. The lowest BCUT2D eigenvalue weighted by atomic mass is 9.99. The van der Waals surface area contributed by atoms with E-state index in [1.165, 1.54) is 6.42 Å². The molecule has 0 N–H and O–H groups in total. The first-order chi connectivity index (χ1) is 10.6. The van der Waals surface area contributed by atoms with Crippen molar-refractivity contribution in [3.63, 3.8) is 0 Å². The van der Waals surface area contributed by atoms with Crippen molar-refractivity contribution in [2.24, 2.45) is 0 Å². The Hall–Kier alpha value is -1.62. The van der Waals surface area contributed by atoms with Crippen LogP contribution in [0.2, 0.25) is 0 Å². The zero-order valence-corrected chi connectivity index (χ0v) is 14.3. The number of aromatic nitrogens is 2. The molecule has 0 aliphatic carbocycles. The summed E-state index contributed by atoms with van der Waals surface area (Å²) in [5.41, 5.74) is 2.90. The summed E-state index contributed by atoms with van der Waals surface area (Å²) in [5, 5.41) is 2.90. The molecule has 1 atom stereocenters. The standard InChI is InChI=1S/C17H23N3OS/c1-4-14-7-5-6-9-19(14)16(21)15-11-12(2)20(13(15)3)17-18-8-10-22-17/h8,10-11,14H,4-7,9H2,1-3H3. The van der Waals surface area contributed by atoms with Crippen molar-refractivity contribution in [3.05, 3.63) is 34.6 Å². The van der Waals surface area contributed by atoms with Crippen molar-refractivity contribution in [2.45, 2.75) is 52.5 Å². The van der Waals surface area contributed by atoms with Gasteiger partial charge in [-0.1, -0.05) is 6.92 Å². The van der Waals surface area contributed by atoms with Gasteiger partial charge in [0.15, 0.2) is 5.13 Å². The molecule has 3 rings (SSSR count). The zero-order chi connectivity index (χ0) is 15.7. The van der Waals surface area contributed by atoms with Gasteiger partial charge in [0.05, 0.1) is 5.56 Å². The van der Waals surface area contributed by atoms with Gasteiger partial charge in [0.1, 0.15) is 0 Å². The van der Waals surface area contributed by atoms with E-state index in [-0.39, 0.29) is 5.91 Å². The Morgan fingerprint density at radius 3 is 2.91 bits per heavy atom. The van der Waals surface area contributed by atoms with Crippen molar-refractivity contribution >= 4 is 17.2 Å². The van der Waals surface area contributed by atoms with Crippen LogP contribution in [0.25, 0.3) is 5.13 Å². The number of rotatable bonds is 3. The number of amides is 1. The second kappa shape index (κ2) is 6.24. The van der Waals surface area contributed by atoms with E-state index in [9.17, 15) is 4.79 Å². The predicted octanol–water partition coefficient (Wildman–Crippen LogP) is 3.96. The average Bonchev–Trinajstić information content (AvgIpc) is 3.14. The van der Waals surface area contributed by atoms with Crippen molar-refractivity contribution < 1.29 is 4.79 Å². The fourth-order valence-corrected chi connectivity index (χ4v) is 4.20. The summed E-state index contributed by atoms with van der Waals surface area (Å²) in [4.78, 5) is 19.5. The Bertz CT molecular complexity index is 660. The molecule has 0 bridgehead atoms. The monoisotopic (exact) mass is 317 g/mol. The van der Waals surface area contributed by atoms with Gasteiger partial charge in [-0.05, 0) is 45.6 Å². The summed E-state index contributed by atoms with van der Waals surface area (Å²) in [6.45, 7) is 7.12. The van der Waals surface area contributed by atoms with E-state index < -0.39 is 0 Å². The highest BCUT2D eigenvalue weighted by Crippen LogP contribution is 2.26. The number of nitrogens with zero attached hydrogens (tertiary/aromatic N) is 3. The number of likely N-dealkylation sites (tertiary alicyclic amines) is 1. The van der Waals surface area contributed by atoms with Crippen molar-refractivity contribution in [2.75, 3.05) is 6.54 Å². The number of piperidine rings is 1. The first-order valence-corrected chi connectivity index (χ1v) is 8.91. The summed E-state index contributed by atoms with van der Waals surface area (Å²) in [6.07, 6.45) is 6.33. The minimum atomic E-state index is 0.183. The molecule has 0 spiro atoms. The van der Waals surface area contributed by atoms with Gasteiger partial charge in [-0.2, -0.15) is 0 Å². The molecule has 118 valence electrons. The van der Waals surface area contributed by atoms with E-state index in [4.69, 9.17) is 0 Å². The Morgan fingerprint density at radius 1 is 1.41 bits per heavy atom. The maximum atomic E-state index is 13.0. The summed E-state index contributed by atoms with van der Waals surface area (Å²) in [7, 11) is 0. The molecule has 1 unspecified atom stereocenters. The van der Waals surface area contributed by atoms with Crippen molar-refractivity contribution in [1.82, 2.24) is 14.5 Å². The molecule has 1 aliphatic heterocycles. The fraction of sp³-hybridized carbons (Fsp3) is 0.529. The molecule has 22 heavy (non-hydrogen) atoms. The van der Waals surface area contributed by atoms with E-state index in [1.807, 2.05) is 25.3 Å². The number of hydrogen-bond acceptors (Lipinski definition) is 3. The van der Waals surface area contributed by atoms with Gasteiger partial charge in [-0.3, -0.25) is 9.36 Å². The van der Waals surface area contributed by atoms with Crippen LogP contribution in [0.5, 0.6) is 0 Å². The van der Waals surface area contributed by atoms with Gasteiger partial charge in [0.25, 0.3) is 5.91 Å². The Morgan fingerprint density at radius 2 is 2.23 bits per heavy atom. The van der Waals surface area contributed by atoms with E-state index in [2.05, 4.69) is 21.4 Å². The molecule has 1 fully saturated rings. The molecule has 1 aliphatic rings. The normalized spacial score (nSPS) is 18.7.